The number of sulfonamides is 1. The van der Waals surface area contributed by atoms with E-state index >= 15 is 0 Å². The van der Waals surface area contributed by atoms with Gasteiger partial charge in [0.15, 0.2) is 5.78 Å². The Hall–Kier alpha value is -0.670. The number of Topliss-reactive ketones (excluding diaryl/α,β-unsaturated/α-hetero) is 1. The van der Waals surface area contributed by atoms with Gasteiger partial charge in [-0.3, -0.25) is 4.79 Å². The van der Waals surface area contributed by atoms with E-state index in [2.05, 4.69) is 4.72 Å². The summed E-state index contributed by atoms with van der Waals surface area (Å²) in [5.74, 6) is -1.17. The number of hydrogen-bond acceptors (Lipinski definition) is 4. The summed E-state index contributed by atoms with van der Waals surface area (Å²) in [5.41, 5.74) is 0. The van der Waals surface area contributed by atoms with Crippen LogP contribution in [0.5, 0.6) is 0 Å². The molecule has 1 heterocycles. The molecule has 0 saturated carbocycles. The molecule has 9 heteroatoms. The Balaban J connectivity index is 2.42. The van der Waals surface area contributed by atoms with Crippen LogP contribution < -0.4 is 4.72 Å². The molecule has 0 aliphatic carbocycles. The van der Waals surface area contributed by atoms with Gasteiger partial charge in [0.2, 0.25) is 10.0 Å². The number of alkyl halides is 3. The molecule has 0 aromatic heterocycles. The lowest BCUT2D eigenvalue weighted by Gasteiger charge is -2.13. The SMILES string of the molecule is CC(=O)[C@@H]1OC(CNS(=O)(=O)CCC(F)(F)F)C[C@@H]1C. The molecule has 1 fully saturated rings. The third-order valence-corrected chi connectivity index (χ3v) is 4.42. The predicted molar refractivity (Wildman–Crippen MR) is 65.6 cm³/mol. The fourth-order valence-corrected chi connectivity index (χ4v) is 3.19. The zero-order valence-corrected chi connectivity index (χ0v) is 12.1. The number of carbonyl (C=O) groups is 1. The van der Waals surface area contributed by atoms with Gasteiger partial charge >= 0.3 is 6.18 Å². The normalized spacial score (nSPS) is 27.8. The van der Waals surface area contributed by atoms with E-state index in [9.17, 15) is 26.4 Å². The van der Waals surface area contributed by atoms with Crippen LogP contribution >= 0.6 is 0 Å². The van der Waals surface area contributed by atoms with Crippen LogP contribution in [0.3, 0.4) is 0 Å². The molecule has 0 aromatic rings. The van der Waals surface area contributed by atoms with Gasteiger partial charge in [-0.1, -0.05) is 6.92 Å². The van der Waals surface area contributed by atoms with Crippen molar-refractivity contribution in [2.75, 3.05) is 12.3 Å². The van der Waals surface area contributed by atoms with Gasteiger partial charge in [0.1, 0.15) is 6.10 Å². The highest BCUT2D eigenvalue weighted by Gasteiger charge is 2.36. The third kappa shape index (κ3) is 5.76. The minimum atomic E-state index is -4.51. The predicted octanol–water partition coefficient (Wildman–Crippen LogP) is 1.24. The number of ketones is 1. The minimum Gasteiger partial charge on any atom is -0.366 e. The zero-order chi connectivity index (χ0) is 15.6. The van der Waals surface area contributed by atoms with Crippen LogP contribution in [0.25, 0.3) is 0 Å². The molecule has 1 saturated heterocycles. The Morgan fingerprint density at radius 3 is 2.45 bits per heavy atom. The highest BCUT2D eigenvalue weighted by atomic mass is 32.2. The number of ether oxygens (including phenoxy) is 1. The van der Waals surface area contributed by atoms with Crippen molar-refractivity contribution in [2.24, 2.45) is 5.92 Å². The number of nitrogens with one attached hydrogen (secondary N) is 1. The molecule has 0 radical (unpaired) electrons. The summed E-state index contributed by atoms with van der Waals surface area (Å²) in [6, 6.07) is 0. The van der Waals surface area contributed by atoms with Crippen molar-refractivity contribution in [2.45, 2.75) is 45.1 Å². The topological polar surface area (TPSA) is 72.5 Å². The van der Waals surface area contributed by atoms with Crippen molar-refractivity contribution in [1.29, 1.82) is 0 Å². The first-order valence-corrected chi connectivity index (χ1v) is 7.85. The molecule has 5 nitrogen and oxygen atoms in total. The second-order valence-electron chi connectivity index (χ2n) is 5.03. The highest BCUT2D eigenvalue weighted by Crippen LogP contribution is 2.26. The van der Waals surface area contributed by atoms with Crippen molar-refractivity contribution < 1.29 is 31.1 Å². The third-order valence-electron chi connectivity index (χ3n) is 3.08. The fraction of sp³-hybridized carbons (Fsp3) is 0.909. The number of carbonyl (C=O) groups excluding carboxylic acids is 1. The summed E-state index contributed by atoms with van der Waals surface area (Å²) in [7, 11) is -3.99. The van der Waals surface area contributed by atoms with Crippen LogP contribution in [0.15, 0.2) is 0 Å². The number of hydrogen-bond donors (Lipinski definition) is 1. The Labute approximate surface area is 115 Å². The van der Waals surface area contributed by atoms with E-state index < -0.39 is 40.6 Å². The largest absolute Gasteiger partial charge is 0.390 e. The molecular formula is C11H18F3NO4S. The standard InChI is InChI=1S/C11H18F3NO4S/c1-7-5-9(19-10(7)8(2)16)6-15-20(17,18)4-3-11(12,13)14/h7,9-10,15H,3-6H2,1-2H3/t7-,9?,10+/m0/s1. The van der Waals surface area contributed by atoms with Gasteiger partial charge in [-0.25, -0.2) is 13.1 Å². The molecule has 3 atom stereocenters. The molecule has 1 aliphatic heterocycles. The lowest BCUT2D eigenvalue weighted by atomic mass is 9.99. The first kappa shape index (κ1) is 17.4. The van der Waals surface area contributed by atoms with E-state index in [0.717, 1.165) is 0 Å². The maximum absolute atomic E-state index is 12.0. The van der Waals surface area contributed by atoms with Gasteiger partial charge in [0, 0.05) is 6.54 Å². The highest BCUT2D eigenvalue weighted by molar-refractivity contribution is 7.89. The zero-order valence-electron chi connectivity index (χ0n) is 11.2. The van der Waals surface area contributed by atoms with Gasteiger partial charge in [-0.2, -0.15) is 13.2 Å². The quantitative estimate of drug-likeness (QED) is 0.800. The molecule has 118 valence electrons. The second kappa shape index (κ2) is 6.40. The van der Waals surface area contributed by atoms with Crippen molar-refractivity contribution in [1.82, 2.24) is 4.72 Å². The van der Waals surface area contributed by atoms with Crippen LogP contribution in [0, 0.1) is 5.92 Å². The van der Waals surface area contributed by atoms with E-state index in [4.69, 9.17) is 4.74 Å². The smallest absolute Gasteiger partial charge is 0.366 e. The second-order valence-corrected chi connectivity index (χ2v) is 6.96. The summed E-state index contributed by atoms with van der Waals surface area (Å²) < 4.78 is 66.2. The fourth-order valence-electron chi connectivity index (χ4n) is 2.11. The van der Waals surface area contributed by atoms with E-state index in [1.807, 2.05) is 6.92 Å². The summed E-state index contributed by atoms with van der Waals surface area (Å²) in [4.78, 5) is 11.2. The molecule has 20 heavy (non-hydrogen) atoms. The average molecular weight is 317 g/mol. The molecule has 1 aliphatic rings. The van der Waals surface area contributed by atoms with Crippen molar-refractivity contribution >= 4 is 15.8 Å². The van der Waals surface area contributed by atoms with E-state index in [0.29, 0.717) is 6.42 Å². The van der Waals surface area contributed by atoms with Crippen LogP contribution in [0.4, 0.5) is 13.2 Å². The lowest BCUT2D eigenvalue weighted by Crippen LogP contribution is -2.35. The van der Waals surface area contributed by atoms with Crippen molar-refractivity contribution in [3.8, 4) is 0 Å². The first-order valence-electron chi connectivity index (χ1n) is 6.20. The van der Waals surface area contributed by atoms with E-state index in [-0.39, 0.29) is 18.2 Å². The number of rotatable bonds is 6. The maximum atomic E-state index is 12.0. The molecule has 0 amide bonds. The van der Waals surface area contributed by atoms with Gasteiger partial charge in [-0.15, -0.1) is 0 Å². The monoisotopic (exact) mass is 317 g/mol. The van der Waals surface area contributed by atoms with Crippen LogP contribution in [0.2, 0.25) is 0 Å². The Morgan fingerprint density at radius 2 is 2.00 bits per heavy atom. The molecule has 0 bridgehead atoms. The Bertz CT molecular complexity index is 449. The van der Waals surface area contributed by atoms with Crippen molar-refractivity contribution in [3.63, 3.8) is 0 Å². The van der Waals surface area contributed by atoms with Gasteiger partial charge in [0.05, 0.1) is 18.3 Å². The number of halogens is 3. The van der Waals surface area contributed by atoms with E-state index in [1.54, 1.807) is 0 Å². The van der Waals surface area contributed by atoms with E-state index in [1.165, 1.54) is 6.92 Å². The molecule has 1 rings (SSSR count). The lowest BCUT2D eigenvalue weighted by molar-refractivity contribution is -0.130. The van der Waals surface area contributed by atoms with Crippen LogP contribution in [0.1, 0.15) is 26.7 Å². The molecule has 0 spiro atoms. The van der Waals surface area contributed by atoms with Crippen molar-refractivity contribution in [3.05, 3.63) is 0 Å². The Morgan fingerprint density at radius 1 is 1.40 bits per heavy atom. The maximum Gasteiger partial charge on any atom is 0.390 e. The van der Waals surface area contributed by atoms with Gasteiger partial charge in [0.25, 0.3) is 0 Å². The molecule has 0 aromatic carbocycles. The summed E-state index contributed by atoms with van der Waals surface area (Å²) in [6.45, 7) is 3.08. The first-order chi connectivity index (χ1) is 9.00. The molecular weight excluding hydrogens is 299 g/mol. The summed E-state index contributed by atoms with van der Waals surface area (Å²) in [5, 5.41) is 0. The molecule has 1 unspecified atom stereocenters. The summed E-state index contributed by atoms with van der Waals surface area (Å²) in [6.07, 6.45) is -6.46. The minimum absolute atomic E-state index is 0.0304. The van der Waals surface area contributed by atoms with Gasteiger partial charge < -0.3 is 4.74 Å². The van der Waals surface area contributed by atoms with Crippen LogP contribution in [-0.4, -0.2) is 44.9 Å². The average Bonchev–Trinajstić information content (AvgIpc) is 2.65. The van der Waals surface area contributed by atoms with Crippen LogP contribution in [-0.2, 0) is 19.6 Å². The molecule has 1 N–H and O–H groups in total. The van der Waals surface area contributed by atoms with Gasteiger partial charge in [-0.05, 0) is 19.3 Å². The Kier molecular flexibility index (Phi) is 5.56. The summed E-state index contributed by atoms with van der Waals surface area (Å²) >= 11 is 0.